The van der Waals surface area contributed by atoms with Crippen LogP contribution in [0.15, 0.2) is 11.3 Å². The molecule has 0 saturated carbocycles. The summed E-state index contributed by atoms with van der Waals surface area (Å²) < 4.78 is 0. The van der Waals surface area contributed by atoms with Gasteiger partial charge in [0.15, 0.2) is 5.78 Å². The topological polar surface area (TPSA) is 37.3 Å². The maximum atomic E-state index is 12.1. The fourth-order valence-electron chi connectivity index (χ4n) is 3.35. The van der Waals surface area contributed by atoms with Gasteiger partial charge in [-0.2, -0.15) is 11.8 Å². The monoisotopic (exact) mass is 354 g/mol. The van der Waals surface area contributed by atoms with E-state index in [1.807, 2.05) is 0 Å². The first-order chi connectivity index (χ1) is 11.5. The third-order valence-electron chi connectivity index (χ3n) is 4.86. The normalized spacial score (nSPS) is 17.5. The lowest BCUT2D eigenvalue weighted by molar-refractivity contribution is -0.118. The maximum absolute atomic E-state index is 12.1. The van der Waals surface area contributed by atoms with E-state index in [2.05, 4.69) is 20.8 Å². The second-order valence-corrected chi connectivity index (χ2v) is 9.21. The van der Waals surface area contributed by atoms with Gasteiger partial charge in [0.05, 0.1) is 0 Å². The first-order valence-electron chi connectivity index (χ1n) is 9.98. The Kier molecular flexibility index (Phi) is 10.8. The Morgan fingerprint density at radius 2 is 1.46 bits per heavy atom. The van der Waals surface area contributed by atoms with E-state index >= 15 is 0 Å². The summed E-state index contributed by atoms with van der Waals surface area (Å²) in [5, 5.41) is 10.1. The number of rotatable bonds is 13. The molecular formula is C21H38O2S. The number of aliphatic hydroxyl groups is 1. The quantitative estimate of drug-likeness (QED) is 0.368. The van der Waals surface area contributed by atoms with Crippen molar-refractivity contribution in [3.63, 3.8) is 0 Å². The predicted molar refractivity (Wildman–Crippen MR) is 107 cm³/mol. The van der Waals surface area contributed by atoms with Gasteiger partial charge >= 0.3 is 0 Å². The molecule has 0 aromatic heterocycles. The van der Waals surface area contributed by atoms with Crippen LogP contribution in [0.5, 0.6) is 0 Å². The van der Waals surface area contributed by atoms with E-state index in [9.17, 15) is 9.90 Å². The highest BCUT2D eigenvalue weighted by Gasteiger charge is 2.32. The molecule has 1 rings (SSSR count). The third-order valence-corrected chi connectivity index (χ3v) is 5.93. The zero-order valence-electron chi connectivity index (χ0n) is 16.2. The SMILES string of the molecule is CCCCCCCCCCCCSCC1=C(O)CC(C)(C)CC1=O. The van der Waals surface area contributed by atoms with Crippen molar-refractivity contribution in [2.24, 2.45) is 5.41 Å². The average Bonchev–Trinajstić information content (AvgIpc) is 2.49. The van der Waals surface area contributed by atoms with Crippen LogP contribution in [0.2, 0.25) is 0 Å². The van der Waals surface area contributed by atoms with Crippen LogP contribution in [0.25, 0.3) is 0 Å². The van der Waals surface area contributed by atoms with E-state index in [4.69, 9.17) is 0 Å². The Labute approximate surface area is 153 Å². The Hall–Kier alpha value is -0.440. The van der Waals surface area contributed by atoms with Crippen LogP contribution < -0.4 is 0 Å². The smallest absolute Gasteiger partial charge is 0.163 e. The highest BCUT2D eigenvalue weighted by atomic mass is 32.2. The summed E-state index contributed by atoms with van der Waals surface area (Å²) in [6, 6.07) is 0. The van der Waals surface area contributed by atoms with E-state index in [0.29, 0.717) is 29.9 Å². The lowest BCUT2D eigenvalue weighted by atomic mass is 9.77. The molecule has 2 nitrogen and oxygen atoms in total. The van der Waals surface area contributed by atoms with Gasteiger partial charge < -0.3 is 5.11 Å². The molecule has 0 heterocycles. The van der Waals surface area contributed by atoms with Crippen LogP contribution in [-0.2, 0) is 4.79 Å². The number of carbonyl (C=O) groups is 1. The fourth-order valence-corrected chi connectivity index (χ4v) is 4.44. The molecule has 0 saturated heterocycles. The number of ketones is 1. The molecule has 0 fully saturated rings. The van der Waals surface area contributed by atoms with Crippen LogP contribution in [0.1, 0.15) is 97.8 Å². The molecule has 1 aliphatic rings. The van der Waals surface area contributed by atoms with E-state index in [0.717, 1.165) is 5.75 Å². The minimum Gasteiger partial charge on any atom is -0.512 e. The van der Waals surface area contributed by atoms with Crippen LogP contribution in [0.4, 0.5) is 0 Å². The van der Waals surface area contributed by atoms with E-state index in [1.165, 1.54) is 64.2 Å². The lowest BCUT2D eigenvalue weighted by Gasteiger charge is -2.29. The van der Waals surface area contributed by atoms with Crippen LogP contribution in [0, 0.1) is 5.41 Å². The van der Waals surface area contributed by atoms with Crippen molar-refractivity contribution in [1.29, 1.82) is 0 Å². The summed E-state index contributed by atoms with van der Waals surface area (Å²) in [7, 11) is 0. The van der Waals surface area contributed by atoms with E-state index < -0.39 is 0 Å². The molecule has 140 valence electrons. The number of hydrogen-bond donors (Lipinski definition) is 1. The minimum atomic E-state index is -0.0775. The largest absolute Gasteiger partial charge is 0.512 e. The predicted octanol–water partition coefficient (Wildman–Crippen LogP) is 6.84. The summed E-state index contributed by atoms with van der Waals surface area (Å²) in [6.45, 7) is 6.37. The molecule has 1 N–H and O–H groups in total. The van der Waals surface area contributed by atoms with Gasteiger partial charge in [-0.1, -0.05) is 78.6 Å². The molecule has 0 unspecified atom stereocenters. The first-order valence-corrected chi connectivity index (χ1v) is 11.1. The second kappa shape index (κ2) is 12.0. The van der Waals surface area contributed by atoms with Crippen LogP contribution in [0.3, 0.4) is 0 Å². The van der Waals surface area contributed by atoms with Gasteiger partial charge in [-0.15, -0.1) is 0 Å². The standard InChI is InChI=1S/C21H38O2S/c1-4-5-6-7-8-9-10-11-12-13-14-24-17-18-19(22)15-21(2,3)16-20(18)23/h22H,4-17H2,1-3H3. The number of unbranched alkanes of at least 4 members (excludes halogenated alkanes) is 9. The molecule has 0 radical (unpaired) electrons. The Morgan fingerprint density at radius 3 is 2.00 bits per heavy atom. The van der Waals surface area contributed by atoms with Gasteiger partial charge in [0.1, 0.15) is 5.76 Å². The summed E-state index contributed by atoms with van der Waals surface area (Å²) in [4.78, 5) is 12.1. The zero-order chi connectivity index (χ0) is 17.8. The van der Waals surface area contributed by atoms with Gasteiger partial charge in [-0.3, -0.25) is 4.79 Å². The number of carbonyl (C=O) groups excluding carboxylic acids is 1. The molecular weight excluding hydrogens is 316 g/mol. The lowest BCUT2D eigenvalue weighted by Crippen LogP contribution is -2.26. The zero-order valence-corrected chi connectivity index (χ0v) is 17.0. The molecule has 0 spiro atoms. The van der Waals surface area contributed by atoms with Crippen molar-refractivity contribution in [3.8, 4) is 0 Å². The Bertz CT molecular complexity index is 399. The van der Waals surface area contributed by atoms with Crippen molar-refractivity contribution in [3.05, 3.63) is 11.3 Å². The number of allylic oxidation sites excluding steroid dienone is 1. The molecule has 24 heavy (non-hydrogen) atoms. The molecule has 1 aliphatic carbocycles. The van der Waals surface area contributed by atoms with Crippen molar-refractivity contribution >= 4 is 17.5 Å². The van der Waals surface area contributed by atoms with Crippen molar-refractivity contribution in [2.45, 2.75) is 97.8 Å². The number of thioether (sulfide) groups is 1. The molecule has 3 heteroatoms. The molecule has 0 aromatic carbocycles. The number of aliphatic hydroxyl groups excluding tert-OH is 1. The number of hydrogen-bond acceptors (Lipinski definition) is 3. The van der Waals surface area contributed by atoms with Gasteiger partial charge in [-0.05, 0) is 17.6 Å². The van der Waals surface area contributed by atoms with Gasteiger partial charge in [0.25, 0.3) is 0 Å². The Balaban J connectivity index is 2.00. The summed E-state index contributed by atoms with van der Waals surface area (Å²) in [6.07, 6.45) is 14.8. The molecule has 0 atom stereocenters. The Morgan fingerprint density at radius 1 is 0.917 bits per heavy atom. The van der Waals surface area contributed by atoms with Gasteiger partial charge in [-0.25, -0.2) is 0 Å². The van der Waals surface area contributed by atoms with Crippen molar-refractivity contribution in [2.75, 3.05) is 11.5 Å². The third kappa shape index (κ3) is 9.15. The van der Waals surface area contributed by atoms with E-state index in [1.54, 1.807) is 11.8 Å². The van der Waals surface area contributed by atoms with Crippen molar-refractivity contribution < 1.29 is 9.90 Å². The van der Waals surface area contributed by atoms with Gasteiger partial charge in [0.2, 0.25) is 0 Å². The summed E-state index contributed by atoms with van der Waals surface area (Å²) in [5.41, 5.74) is 0.609. The first kappa shape index (κ1) is 21.6. The average molecular weight is 355 g/mol. The maximum Gasteiger partial charge on any atom is 0.163 e. The summed E-state index contributed by atoms with van der Waals surface area (Å²) >= 11 is 1.81. The van der Waals surface area contributed by atoms with Crippen molar-refractivity contribution in [1.82, 2.24) is 0 Å². The number of Topliss-reactive ketones (excluding diaryl/α,β-unsaturated/α-hetero) is 1. The second-order valence-electron chi connectivity index (χ2n) is 8.10. The fraction of sp³-hybridized carbons (Fsp3) is 0.857. The molecule has 0 bridgehead atoms. The van der Waals surface area contributed by atoms with Crippen LogP contribution in [-0.4, -0.2) is 22.4 Å². The highest BCUT2D eigenvalue weighted by Crippen LogP contribution is 2.36. The summed E-state index contributed by atoms with van der Waals surface area (Å²) in [5.74, 6) is 2.29. The van der Waals surface area contributed by atoms with E-state index in [-0.39, 0.29) is 11.2 Å². The molecule has 0 aliphatic heterocycles. The molecule has 0 amide bonds. The minimum absolute atomic E-state index is 0.0775. The van der Waals surface area contributed by atoms with Crippen LogP contribution >= 0.6 is 11.8 Å². The molecule has 0 aromatic rings. The van der Waals surface area contributed by atoms with Gasteiger partial charge in [0, 0.05) is 24.2 Å². The highest BCUT2D eigenvalue weighted by molar-refractivity contribution is 7.99.